The van der Waals surface area contributed by atoms with Crippen molar-refractivity contribution < 1.29 is 0 Å². The van der Waals surface area contributed by atoms with Gasteiger partial charge in [0, 0.05) is 12.5 Å². The summed E-state index contributed by atoms with van der Waals surface area (Å²) in [6, 6.07) is 0. The predicted molar refractivity (Wildman–Crippen MR) is 52.0 cm³/mol. The van der Waals surface area contributed by atoms with Gasteiger partial charge in [-0.25, -0.2) is 4.98 Å². The quantitative estimate of drug-likeness (QED) is 0.756. The van der Waals surface area contributed by atoms with E-state index in [4.69, 9.17) is 11.6 Å². The lowest BCUT2D eigenvalue weighted by Crippen LogP contribution is -2.28. The van der Waals surface area contributed by atoms with E-state index >= 15 is 0 Å². The average Bonchev–Trinajstić information content (AvgIpc) is 2.54. The number of aromatic nitrogens is 1. The molecule has 1 aromatic rings. The van der Waals surface area contributed by atoms with Crippen molar-refractivity contribution in [2.45, 2.75) is 18.8 Å². The van der Waals surface area contributed by atoms with Crippen molar-refractivity contribution in [2.75, 3.05) is 13.1 Å². The van der Waals surface area contributed by atoms with E-state index in [2.05, 4.69) is 10.3 Å². The lowest BCUT2D eigenvalue weighted by atomic mass is 10.0. The van der Waals surface area contributed by atoms with E-state index < -0.39 is 0 Å². The summed E-state index contributed by atoms with van der Waals surface area (Å²) in [4.78, 5) is 4.29. The van der Waals surface area contributed by atoms with Crippen molar-refractivity contribution in [3.63, 3.8) is 0 Å². The Labute approximate surface area is 81.0 Å². The molecule has 0 amide bonds. The lowest BCUT2D eigenvalue weighted by Gasteiger charge is -2.20. The van der Waals surface area contributed by atoms with Crippen LogP contribution in [0.4, 0.5) is 0 Å². The van der Waals surface area contributed by atoms with Crippen molar-refractivity contribution in [1.29, 1.82) is 0 Å². The van der Waals surface area contributed by atoms with Crippen molar-refractivity contribution in [2.24, 2.45) is 0 Å². The Morgan fingerprint density at radius 3 is 3.17 bits per heavy atom. The third kappa shape index (κ3) is 1.79. The Kier molecular flexibility index (Phi) is 2.63. The monoisotopic (exact) mass is 202 g/mol. The second kappa shape index (κ2) is 3.73. The molecule has 1 saturated heterocycles. The van der Waals surface area contributed by atoms with Crippen LogP contribution >= 0.6 is 22.9 Å². The van der Waals surface area contributed by atoms with Gasteiger partial charge in [0.1, 0.15) is 4.34 Å². The van der Waals surface area contributed by atoms with Crippen molar-refractivity contribution in [3.05, 3.63) is 15.5 Å². The zero-order valence-corrected chi connectivity index (χ0v) is 8.29. The first-order chi connectivity index (χ1) is 5.86. The number of piperidine rings is 1. The van der Waals surface area contributed by atoms with Gasteiger partial charge in [-0.2, -0.15) is 0 Å². The number of hydrogen-bond acceptors (Lipinski definition) is 3. The number of nitrogens with zero attached hydrogens (tertiary/aromatic N) is 1. The largest absolute Gasteiger partial charge is 0.316 e. The lowest BCUT2D eigenvalue weighted by molar-refractivity contribution is 0.460. The van der Waals surface area contributed by atoms with Crippen molar-refractivity contribution >= 4 is 22.9 Å². The van der Waals surface area contributed by atoms with Gasteiger partial charge in [-0.05, 0) is 19.4 Å². The molecule has 0 aliphatic carbocycles. The Morgan fingerprint density at radius 2 is 2.58 bits per heavy atom. The molecule has 1 aromatic heterocycles. The zero-order valence-electron chi connectivity index (χ0n) is 6.72. The third-order valence-corrected chi connectivity index (χ3v) is 3.42. The third-order valence-electron chi connectivity index (χ3n) is 2.14. The number of halogens is 1. The first kappa shape index (κ1) is 8.48. The summed E-state index contributed by atoms with van der Waals surface area (Å²) < 4.78 is 0.801. The van der Waals surface area contributed by atoms with Crippen LogP contribution in [0.15, 0.2) is 6.20 Å². The van der Waals surface area contributed by atoms with E-state index in [9.17, 15) is 0 Å². The fourth-order valence-electron chi connectivity index (χ4n) is 1.52. The summed E-state index contributed by atoms with van der Waals surface area (Å²) in [7, 11) is 0. The summed E-state index contributed by atoms with van der Waals surface area (Å²) in [5.41, 5.74) is 0. The van der Waals surface area contributed by atoms with Gasteiger partial charge in [-0.3, -0.25) is 0 Å². The van der Waals surface area contributed by atoms with Crippen LogP contribution in [0.3, 0.4) is 0 Å². The Morgan fingerprint density at radius 1 is 1.67 bits per heavy atom. The van der Waals surface area contributed by atoms with Crippen LogP contribution in [-0.2, 0) is 0 Å². The Bertz CT molecular complexity index is 255. The number of nitrogens with one attached hydrogen (secondary N) is 1. The van der Waals surface area contributed by atoms with Crippen LogP contribution in [0, 0.1) is 0 Å². The topological polar surface area (TPSA) is 24.9 Å². The molecule has 0 bridgehead atoms. The fraction of sp³-hybridized carbons (Fsp3) is 0.625. The minimum Gasteiger partial charge on any atom is -0.316 e. The fourth-order valence-corrected chi connectivity index (χ4v) is 2.58. The molecule has 0 spiro atoms. The van der Waals surface area contributed by atoms with Gasteiger partial charge in [-0.15, -0.1) is 11.3 Å². The molecule has 1 aliphatic rings. The summed E-state index contributed by atoms with van der Waals surface area (Å²) >= 11 is 7.42. The highest BCUT2D eigenvalue weighted by Gasteiger charge is 2.17. The van der Waals surface area contributed by atoms with E-state index in [0.29, 0.717) is 5.92 Å². The number of thiazole rings is 1. The van der Waals surface area contributed by atoms with Crippen LogP contribution in [0.25, 0.3) is 0 Å². The highest BCUT2D eigenvalue weighted by Crippen LogP contribution is 2.29. The van der Waals surface area contributed by atoms with E-state index in [1.54, 1.807) is 17.5 Å². The molecule has 1 aliphatic heterocycles. The molecule has 2 heterocycles. The molecule has 66 valence electrons. The molecule has 1 N–H and O–H groups in total. The van der Waals surface area contributed by atoms with E-state index in [1.165, 1.54) is 17.8 Å². The predicted octanol–water partition coefficient (Wildman–Crippen LogP) is 2.26. The Hall–Kier alpha value is -0.120. The molecule has 0 saturated carbocycles. The summed E-state index contributed by atoms with van der Waals surface area (Å²) in [6.45, 7) is 2.21. The smallest absolute Gasteiger partial charge is 0.113 e. The average molecular weight is 203 g/mol. The molecule has 0 radical (unpaired) electrons. The van der Waals surface area contributed by atoms with Gasteiger partial charge in [0.15, 0.2) is 0 Å². The molecule has 1 atom stereocenters. The molecule has 1 fully saturated rings. The zero-order chi connectivity index (χ0) is 8.39. The van der Waals surface area contributed by atoms with Crippen LogP contribution < -0.4 is 5.32 Å². The first-order valence-electron chi connectivity index (χ1n) is 4.18. The second-order valence-corrected chi connectivity index (χ2v) is 4.74. The van der Waals surface area contributed by atoms with Gasteiger partial charge in [0.05, 0.1) is 11.2 Å². The van der Waals surface area contributed by atoms with Gasteiger partial charge < -0.3 is 5.32 Å². The maximum atomic E-state index is 5.82. The van der Waals surface area contributed by atoms with E-state index in [-0.39, 0.29) is 0 Å². The van der Waals surface area contributed by atoms with Gasteiger partial charge in [-0.1, -0.05) is 11.6 Å². The molecular weight excluding hydrogens is 192 g/mol. The second-order valence-electron chi connectivity index (χ2n) is 3.05. The maximum Gasteiger partial charge on any atom is 0.113 e. The van der Waals surface area contributed by atoms with Gasteiger partial charge >= 0.3 is 0 Å². The first-order valence-corrected chi connectivity index (χ1v) is 5.37. The van der Waals surface area contributed by atoms with Crippen LogP contribution in [0.5, 0.6) is 0 Å². The minimum absolute atomic E-state index is 0.594. The molecule has 12 heavy (non-hydrogen) atoms. The summed E-state index contributed by atoms with van der Waals surface area (Å²) in [5.74, 6) is 0.594. The summed E-state index contributed by atoms with van der Waals surface area (Å²) in [6.07, 6.45) is 4.24. The number of rotatable bonds is 1. The maximum absolute atomic E-state index is 5.82. The standard InChI is InChI=1S/C8H11ClN2S/c9-7-5-11-8(12-7)6-2-1-3-10-4-6/h5-6,10H,1-4H2. The summed E-state index contributed by atoms with van der Waals surface area (Å²) in [5, 5.41) is 4.55. The van der Waals surface area contributed by atoms with Crippen LogP contribution in [0.2, 0.25) is 4.34 Å². The van der Waals surface area contributed by atoms with Crippen LogP contribution in [-0.4, -0.2) is 18.1 Å². The van der Waals surface area contributed by atoms with E-state index in [1.807, 2.05) is 0 Å². The van der Waals surface area contributed by atoms with Crippen molar-refractivity contribution in [3.8, 4) is 0 Å². The number of hydrogen-bond donors (Lipinski definition) is 1. The molecule has 0 aromatic carbocycles. The van der Waals surface area contributed by atoms with Crippen molar-refractivity contribution in [1.82, 2.24) is 10.3 Å². The molecular formula is C8H11ClN2S. The van der Waals surface area contributed by atoms with E-state index in [0.717, 1.165) is 17.4 Å². The molecule has 4 heteroatoms. The normalized spacial score (nSPS) is 24.2. The minimum atomic E-state index is 0.594. The SMILES string of the molecule is Clc1cnc(C2CCCNC2)s1. The highest BCUT2D eigenvalue weighted by atomic mass is 35.5. The Balaban J connectivity index is 2.08. The highest BCUT2D eigenvalue weighted by molar-refractivity contribution is 7.15. The van der Waals surface area contributed by atoms with Gasteiger partial charge in [0.25, 0.3) is 0 Å². The van der Waals surface area contributed by atoms with Crippen LogP contribution in [0.1, 0.15) is 23.8 Å². The molecule has 2 nitrogen and oxygen atoms in total. The molecule has 2 rings (SSSR count). The van der Waals surface area contributed by atoms with Gasteiger partial charge in [0.2, 0.25) is 0 Å². The molecule has 1 unspecified atom stereocenters.